The highest BCUT2D eigenvalue weighted by Gasteiger charge is 2.14. The SMILES string of the molecule is CC(CN)NC(=O)c1cc(C#N)ccc1F. The lowest BCUT2D eigenvalue weighted by molar-refractivity contribution is 0.0937. The number of nitrogens with zero attached hydrogens (tertiary/aromatic N) is 1. The molecule has 5 heteroatoms. The zero-order chi connectivity index (χ0) is 12.1. The van der Waals surface area contributed by atoms with Crippen LogP contribution in [0.4, 0.5) is 4.39 Å². The molecule has 3 N–H and O–H groups in total. The van der Waals surface area contributed by atoms with Gasteiger partial charge in [0.2, 0.25) is 0 Å². The first-order chi connectivity index (χ1) is 7.58. The van der Waals surface area contributed by atoms with E-state index in [0.29, 0.717) is 0 Å². The lowest BCUT2D eigenvalue weighted by atomic mass is 10.1. The molecule has 1 atom stereocenters. The third-order valence-electron chi connectivity index (χ3n) is 2.07. The number of nitriles is 1. The average molecular weight is 221 g/mol. The van der Waals surface area contributed by atoms with Crippen LogP contribution >= 0.6 is 0 Å². The van der Waals surface area contributed by atoms with Crippen molar-refractivity contribution in [2.75, 3.05) is 6.54 Å². The lowest BCUT2D eigenvalue weighted by Gasteiger charge is -2.11. The molecular formula is C11H12FN3O. The van der Waals surface area contributed by atoms with Crippen molar-refractivity contribution in [1.82, 2.24) is 5.32 Å². The van der Waals surface area contributed by atoms with Gasteiger partial charge in [-0.2, -0.15) is 5.26 Å². The number of carbonyl (C=O) groups excluding carboxylic acids is 1. The summed E-state index contributed by atoms with van der Waals surface area (Å²) in [6.45, 7) is 1.98. The maximum atomic E-state index is 13.3. The number of hydrogen-bond acceptors (Lipinski definition) is 3. The van der Waals surface area contributed by atoms with Crippen LogP contribution in [0.1, 0.15) is 22.8 Å². The Hall–Kier alpha value is -1.93. The van der Waals surface area contributed by atoms with E-state index < -0.39 is 11.7 Å². The van der Waals surface area contributed by atoms with Crippen molar-refractivity contribution in [3.63, 3.8) is 0 Å². The van der Waals surface area contributed by atoms with Crippen molar-refractivity contribution in [3.8, 4) is 6.07 Å². The second-order valence-electron chi connectivity index (χ2n) is 3.42. The monoisotopic (exact) mass is 221 g/mol. The third kappa shape index (κ3) is 2.78. The van der Waals surface area contributed by atoms with Crippen molar-refractivity contribution >= 4 is 5.91 Å². The van der Waals surface area contributed by atoms with Gasteiger partial charge < -0.3 is 11.1 Å². The van der Waals surface area contributed by atoms with Crippen molar-refractivity contribution in [1.29, 1.82) is 5.26 Å². The van der Waals surface area contributed by atoms with E-state index in [1.54, 1.807) is 6.92 Å². The summed E-state index contributed by atoms with van der Waals surface area (Å²) in [6.07, 6.45) is 0. The van der Waals surface area contributed by atoms with Gasteiger partial charge in [-0.05, 0) is 25.1 Å². The molecule has 84 valence electrons. The molecule has 1 unspecified atom stereocenters. The number of rotatable bonds is 3. The minimum Gasteiger partial charge on any atom is -0.348 e. The van der Waals surface area contributed by atoms with Gasteiger partial charge in [0.15, 0.2) is 0 Å². The van der Waals surface area contributed by atoms with Crippen LogP contribution in [0.3, 0.4) is 0 Å². The number of nitrogens with one attached hydrogen (secondary N) is 1. The molecule has 0 spiro atoms. The Labute approximate surface area is 92.9 Å². The van der Waals surface area contributed by atoms with E-state index in [2.05, 4.69) is 5.32 Å². The molecule has 4 nitrogen and oxygen atoms in total. The maximum Gasteiger partial charge on any atom is 0.254 e. The summed E-state index contributed by atoms with van der Waals surface area (Å²) in [7, 11) is 0. The summed E-state index contributed by atoms with van der Waals surface area (Å²) in [5.74, 6) is -1.21. The standard InChI is InChI=1S/C11H12FN3O/c1-7(5-13)15-11(16)9-4-8(6-14)2-3-10(9)12/h2-4,7H,5,13H2,1H3,(H,15,16). The summed E-state index contributed by atoms with van der Waals surface area (Å²) >= 11 is 0. The number of hydrogen-bond donors (Lipinski definition) is 2. The van der Waals surface area contributed by atoms with Crippen LogP contribution in [0.2, 0.25) is 0 Å². The summed E-state index contributed by atoms with van der Waals surface area (Å²) in [6, 6.07) is 5.24. The normalized spacial score (nSPS) is 11.6. The summed E-state index contributed by atoms with van der Waals surface area (Å²) in [5, 5.41) is 11.2. The Bertz CT molecular complexity index is 439. The predicted octanol–water partition coefficient (Wildman–Crippen LogP) is 0.774. The molecule has 0 radical (unpaired) electrons. The largest absolute Gasteiger partial charge is 0.348 e. The zero-order valence-electron chi connectivity index (χ0n) is 8.83. The summed E-state index contributed by atoms with van der Waals surface area (Å²) < 4.78 is 13.3. The molecule has 0 bridgehead atoms. The molecule has 0 aliphatic heterocycles. The number of halogens is 1. The van der Waals surface area contributed by atoms with Crippen LogP contribution in [0.15, 0.2) is 18.2 Å². The van der Waals surface area contributed by atoms with Crippen molar-refractivity contribution in [2.45, 2.75) is 13.0 Å². The quantitative estimate of drug-likeness (QED) is 0.791. The fourth-order valence-electron chi connectivity index (χ4n) is 1.13. The second-order valence-corrected chi connectivity index (χ2v) is 3.42. The van der Waals surface area contributed by atoms with Gasteiger partial charge in [0.05, 0.1) is 17.2 Å². The van der Waals surface area contributed by atoms with Gasteiger partial charge in [-0.1, -0.05) is 0 Å². The Morgan fingerprint density at radius 1 is 1.69 bits per heavy atom. The van der Waals surface area contributed by atoms with Gasteiger partial charge >= 0.3 is 0 Å². The molecule has 0 saturated heterocycles. The van der Waals surface area contributed by atoms with Crippen molar-refractivity contribution in [3.05, 3.63) is 35.1 Å². The molecule has 1 amide bonds. The second kappa shape index (κ2) is 5.24. The van der Waals surface area contributed by atoms with E-state index in [1.165, 1.54) is 12.1 Å². The minimum absolute atomic E-state index is 0.139. The Morgan fingerprint density at radius 2 is 2.38 bits per heavy atom. The highest BCUT2D eigenvalue weighted by Crippen LogP contribution is 2.10. The molecule has 0 aliphatic carbocycles. The van der Waals surface area contributed by atoms with Gasteiger partial charge in [0, 0.05) is 12.6 Å². The van der Waals surface area contributed by atoms with Gasteiger partial charge in [0.25, 0.3) is 5.91 Å². The van der Waals surface area contributed by atoms with Crippen LogP contribution in [-0.2, 0) is 0 Å². The molecule has 0 heterocycles. The van der Waals surface area contributed by atoms with E-state index in [0.717, 1.165) is 6.07 Å². The number of carbonyl (C=O) groups is 1. The third-order valence-corrected chi connectivity index (χ3v) is 2.07. The molecule has 0 fully saturated rings. The Balaban J connectivity index is 2.95. The maximum absolute atomic E-state index is 13.3. The number of benzene rings is 1. The van der Waals surface area contributed by atoms with E-state index in [1.807, 2.05) is 6.07 Å². The molecule has 0 aliphatic rings. The Morgan fingerprint density at radius 3 is 2.94 bits per heavy atom. The first-order valence-corrected chi connectivity index (χ1v) is 4.79. The lowest BCUT2D eigenvalue weighted by Crippen LogP contribution is -2.38. The van der Waals surface area contributed by atoms with Gasteiger partial charge in [-0.15, -0.1) is 0 Å². The van der Waals surface area contributed by atoms with Crippen LogP contribution in [0.5, 0.6) is 0 Å². The van der Waals surface area contributed by atoms with Crippen LogP contribution in [0, 0.1) is 17.1 Å². The van der Waals surface area contributed by atoms with Gasteiger partial charge in [0.1, 0.15) is 5.82 Å². The summed E-state index contributed by atoms with van der Waals surface area (Å²) in [5.41, 5.74) is 5.43. The molecule has 1 aromatic carbocycles. The first-order valence-electron chi connectivity index (χ1n) is 4.79. The van der Waals surface area contributed by atoms with Crippen molar-refractivity contribution in [2.24, 2.45) is 5.73 Å². The Kier molecular flexibility index (Phi) is 3.97. The predicted molar refractivity (Wildman–Crippen MR) is 57.1 cm³/mol. The average Bonchev–Trinajstić information content (AvgIpc) is 2.29. The van der Waals surface area contributed by atoms with Gasteiger partial charge in [-0.25, -0.2) is 4.39 Å². The smallest absolute Gasteiger partial charge is 0.254 e. The molecular weight excluding hydrogens is 209 g/mol. The van der Waals surface area contributed by atoms with Crippen LogP contribution < -0.4 is 11.1 Å². The highest BCUT2D eigenvalue weighted by molar-refractivity contribution is 5.95. The minimum atomic E-state index is -0.652. The van der Waals surface area contributed by atoms with Crippen LogP contribution in [-0.4, -0.2) is 18.5 Å². The molecule has 1 aromatic rings. The van der Waals surface area contributed by atoms with E-state index in [9.17, 15) is 9.18 Å². The summed E-state index contributed by atoms with van der Waals surface area (Å²) in [4.78, 5) is 11.6. The number of nitrogens with two attached hydrogens (primary N) is 1. The van der Waals surface area contributed by atoms with Crippen molar-refractivity contribution < 1.29 is 9.18 Å². The van der Waals surface area contributed by atoms with E-state index in [-0.39, 0.29) is 23.7 Å². The first kappa shape index (κ1) is 12.1. The van der Waals surface area contributed by atoms with E-state index >= 15 is 0 Å². The van der Waals surface area contributed by atoms with Gasteiger partial charge in [-0.3, -0.25) is 4.79 Å². The topological polar surface area (TPSA) is 78.9 Å². The highest BCUT2D eigenvalue weighted by atomic mass is 19.1. The molecule has 16 heavy (non-hydrogen) atoms. The molecule has 0 aromatic heterocycles. The number of amides is 1. The van der Waals surface area contributed by atoms with E-state index in [4.69, 9.17) is 11.0 Å². The fraction of sp³-hybridized carbons (Fsp3) is 0.273. The molecule has 1 rings (SSSR count). The molecule has 0 saturated carbocycles. The van der Waals surface area contributed by atoms with Crippen LogP contribution in [0.25, 0.3) is 0 Å². The fourth-order valence-corrected chi connectivity index (χ4v) is 1.13. The zero-order valence-corrected chi connectivity index (χ0v) is 8.83.